The number of anilines is 1. The van der Waals surface area contributed by atoms with Crippen molar-refractivity contribution in [3.63, 3.8) is 0 Å². The van der Waals surface area contributed by atoms with Crippen LogP contribution in [0, 0.1) is 6.92 Å². The molecule has 0 spiro atoms. The SMILES string of the molecule is Cc1ccccc1NCC(=O)N/N=C/c1cc(Br)c(Br)o1. The Morgan fingerprint density at radius 1 is 1.38 bits per heavy atom. The monoisotopic (exact) mass is 413 g/mol. The molecule has 5 nitrogen and oxygen atoms in total. The number of hydrogen-bond acceptors (Lipinski definition) is 4. The zero-order valence-corrected chi connectivity index (χ0v) is 14.4. The quantitative estimate of drug-likeness (QED) is 0.579. The van der Waals surface area contributed by atoms with E-state index in [2.05, 4.69) is 47.7 Å². The molecule has 0 radical (unpaired) electrons. The maximum atomic E-state index is 11.7. The molecule has 0 saturated heterocycles. The Labute approximate surface area is 139 Å². The molecule has 1 heterocycles. The predicted molar refractivity (Wildman–Crippen MR) is 89.5 cm³/mol. The van der Waals surface area contributed by atoms with Crippen molar-refractivity contribution in [1.82, 2.24) is 5.43 Å². The molecule has 0 aliphatic carbocycles. The van der Waals surface area contributed by atoms with E-state index in [0.717, 1.165) is 15.7 Å². The lowest BCUT2D eigenvalue weighted by molar-refractivity contribution is -0.119. The highest BCUT2D eigenvalue weighted by Crippen LogP contribution is 2.25. The molecule has 1 amide bonds. The van der Waals surface area contributed by atoms with Crippen molar-refractivity contribution in [3.05, 3.63) is 50.8 Å². The molecular formula is C14H13Br2N3O2. The minimum atomic E-state index is -0.237. The average molecular weight is 415 g/mol. The first kappa shape index (κ1) is 15.8. The third kappa shape index (κ3) is 4.71. The smallest absolute Gasteiger partial charge is 0.259 e. The fourth-order valence-electron chi connectivity index (χ4n) is 1.58. The first-order valence-corrected chi connectivity index (χ1v) is 7.71. The van der Waals surface area contributed by atoms with Crippen molar-refractivity contribution in [1.29, 1.82) is 0 Å². The second kappa shape index (κ2) is 7.42. The van der Waals surface area contributed by atoms with Crippen LogP contribution in [0.15, 0.2) is 49.0 Å². The molecule has 1 aromatic carbocycles. The fourth-order valence-corrected chi connectivity index (χ4v) is 2.19. The highest BCUT2D eigenvalue weighted by atomic mass is 79.9. The molecule has 0 fully saturated rings. The third-order valence-electron chi connectivity index (χ3n) is 2.63. The van der Waals surface area contributed by atoms with Gasteiger partial charge >= 0.3 is 0 Å². The molecule has 110 valence electrons. The van der Waals surface area contributed by atoms with Crippen LogP contribution in [0.25, 0.3) is 0 Å². The molecule has 0 atom stereocenters. The van der Waals surface area contributed by atoms with Gasteiger partial charge in [0.15, 0.2) is 4.67 Å². The van der Waals surface area contributed by atoms with E-state index in [-0.39, 0.29) is 12.5 Å². The molecule has 0 unspecified atom stereocenters. The molecule has 2 rings (SSSR count). The van der Waals surface area contributed by atoms with Crippen molar-refractivity contribution >= 4 is 49.7 Å². The van der Waals surface area contributed by atoms with Gasteiger partial charge in [-0.2, -0.15) is 5.10 Å². The molecule has 0 aliphatic heterocycles. The lowest BCUT2D eigenvalue weighted by Crippen LogP contribution is -2.26. The Morgan fingerprint density at radius 2 is 2.14 bits per heavy atom. The summed E-state index contributed by atoms with van der Waals surface area (Å²) in [5.41, 5.74) is 4.44. The van der Waals surface area contributed by atoms with Gasteiger partial charge in [-0.05, 0) is 50.4 Å². The number of rotatable bonds is 5. The summed E-state index contributed by atoms with van der Waals surface area (Å²) in [6.45, 7) is 2.12. The summed E-state index contributed by atoms with van der Waals surface area (Å²) in [6, 6.07) is 9.50. The number of hydrazone groups is 1. The summed E-state index contributed by atoms with van der Waals surface area (Å²) in [5, 5.41) is 6.88. The van der Waals surface area contributed by atoms with Crippen LogP contribution in [0.4, 0.5) is 5.69 Å². The van der Waals surface area contributed by atoms with Crippen LogP contribution in [0.1, 0.15) is 11.3 Å². The summed E-state index contributed by atoms with van der Waals surface area (Å²) in [7, 11) is 0. The van der Waals surface area contributed by atoms with Crippen LogP contribution in [-0.2, 0) is 4.79 Å². The first-order chi connectivity index (χ1) is 10.1. The average Bonchev–Trinajstić information content (AvgIpc) is 2.77. The van der Waals surface area contributed by atoms with E-state index in [9.17, 15) is 4.79 Å². The number of benzene rings is 1. The predicted octanol–water partition coefficient (Wildman–Crippen LogP) is 3.68. The molecule has 0 aliphatic rings. The van der Waals surface area contributed by atoms with Crippen LogP contribution in [0.3, 0.4) is 0 Å². The Bertz CT molecular complexity index is 648. The maximum Gasteiger partial charge on any atom is 0.259 e. The lowest BCUT2D eigenvalue weighted by atomic mass is 10.2. The van der Waals surface area contributed by atoms with E-state index < -0.39 is 0 Å². The topological polar surface area (TPSA) is 66.6 Å². The van der Waals surface area contributed by atoms with Crippen LogP contribution < -0.4 is 10.7 Å². The van der Waals surface area contributed by atoms with E-state index in [1.54, 1.807) is 6.07 Å². The number of aryl methyl sites for hydroxylation is 1. The number of carbonyl (C=O) groups is 1. The van der Waals surface area contributed by atoms with Gasteiger partial charge in [-0.3, -0.25) is 4.79 Å². The zero-order chi connectivity index (χ0) is 15.2. The third-order valence-corrected chi connectivity index (χ3v) is 4.34. The van der Waals surface area contributed by atoms with Gasteiger partial charge < -0.3 is 9.73 Å². The number of carbonyl (C=O) groups excluding carboxylic acids is 1. The highest BCUT2D eigenvalue weighted by Gasteiger charge is 2.04. The van der Waals surface area contributed by atoms with E-state index in [4.69, 9.17) is 4.42 Å². The number of halogens is 2. The summed E-state index contributed by atoms with van der Waals surface area (Å²) in [5.74, 6) is 0.292. The molecule has 2 N–H and O–H groups in total. The Hall–Kier alpha value is -1.60. The van der Waals surface area contributed by atoms with Crippen LogP contribution in [0.5, 0.6) is 0 Å². The van der Waals surface area contributed by atoms with E-state index in [1.807, 2.05) is 31.2 Å². The van der Waals surface area contributed by atoms with Crippen molar-refractivity contribution < 1.29 is 9.21 Å². The summed E-state index contributed by atoms with van der Waals surface area (Å²) in [6.07, 6.45) is 1.43. The molecular weight excluding hydrogens is 402 g/mol. The van der Waals surface area contributed by atoms with Crippen molar-refractivity contribution in [2.24, 2.45) is 5.10 Å². The Kier molecular flexibility index (Phi) is 5.58. The van der Waals surface area contributed by atoms with Gasteiger partial charge in [0.05, 0.1) is 17.2 Å². The zero-order valence-electron chi connectivity index (χ0n) is 11.2. The van der Waals surface area contributed by atoms with Gasteiger partial charge in [0.1, 0.15) is 5.76 Å². The van der Waals surface area contributed by atoms with Crippen LogP contribution in [-0.4, -0.2) is 18.7 Å². The summed E-state index contributed by atoms with van der Waals surface area (Å²) < 4.78 is 6.66. The van der Waals surface area contributed by atoms with Gasteiger partial charge in [0, 0.05) is 11.8 Å². The second-order valence-electron chi connectivity index (χ2n) is 4.23. The number of furan rings is 1. The maximum absolute atomic E-state index is 11.7. The largest absolute Gasteiger partial charge is 0.447 e. The van der Waals surface area contributed by atoms with Gasteiger partial charge in [-0.15, -0.1) is 0 Å². The van der Waals surface area contributed by atoms with Crippen LogP contribution >= 0.6 is 31.9 Å². The van der Waals surface area contributed by atoms with E-state index in [1.165, 1.54) is 6.21 Å². The van der Waals surface area contributed by atoms with Gasteiger partial charge in [-0.25, -0.2) is 5.43 Å². The first-order valence-electron chi connectivity index (χ1n) is 6.12. The van der Waals surface area contributed by atoms with E-state index in [0.29, 0.717) is 10.4 Å². The summed E-state index contributed by atoms with van der Waals surface area (Å²) in [4.78, 5) is 11.7. The number of hydrogen-bond donors (Lipinski definition) is 2. The Morgan fingerprint density at radius 3 is 2.81 bits per heavy atom. The van der Waals surface area contributed by atoms with Crippen molar-refractivity contribution in [2.45, 2.75) is 6.92 Å². The highest BCUT2D eigenvalue weighted by molar-refractivity contribution is 9.13. The molecule has 21 heavy (non-hydrogen) atoms. The standard InChI is InChI=1S/C14H13Br2N3O2/c1-9-4-2-3-5-12(9)17-8-13(20)19-18-7-10-6-11(15)14(16)21-10/h2-7,17H,8H2,1H3,(H,19,20)/b18-7+. The van der Waals surface area contributed by atoms with E-state index >= 15 is 0 Å². The number of amides is 1. The van der Waals surface area contributed by atoms with Crippen LogP contribution in [0.2, 0.25) is 0 Å². The van der Waals surface area contributed by atoms with Crippen molar-refractivity contribution in [3.8, 4) is 0 Å². The molecule has 0 saturated carbocycles. The van der Waals surface area contributed by atoms with Gasteiger partial charge in [0.2, 0.25) is 0 Å². The molecule has 2 aromatic rings. The minimum absolute atomic E-state index is 0.147. The van der Waals surface area contributed by atoms with Gasteiger partial charge in [-0.1, -0.05) is 18.2 Å². The summed E-state index contributed by atoms with van der Waals surface area (Å²) >= 11 is 6.52. The number of nitrogens with zero attached hydrogens (tertiary/aromatic N) is 1. The fraction of sp³-hybridized carbons (Fsp3) is 0.143. The number of nitrogens with one attached hydrogen (secondary N) is 2. The van der Waals surface area contributed by atoms with Crippen molar-refractivity contribution in [2.75, 3.05) is 11.9 Å². The van der Waals surface area contributed by atoms with Gasteiger partial charge in [0.25, 0.3) is 5.91 Å². The lowest BCUT2D eigenvalue weighted by Gasteiger charge is -2.07. The number of para-hydroxylation sites is 1. The molecule has 1 aromatic heterocycles. The molecule has 7 heteroatoms. The minimum Gasteiger partial charge on any atom is -0.447 e. The Balaban J connectivity index is 1.81. The molecule has 0 bridgehead atoms. The normalized spacial score (nSPS) is 10.8. The second-order valence-corrected chi connectivity index (χ2v) is 5.81.